The van der Waals surface area contributed by atoms with Crippen molar-refractivity contribution in [3.05, 3.63) is 54.7 Å². The molecule has 108 valence electrons. The van der Waals surface area contributed by atoms with Crippen molar-refractivity contribution in [1.82, 2.24) is 5.43 Å². The van der Waals surface area contributed by atoms with E-state index in [1.54, 1.807) is 17.5 Å². The van der Waals surface area contributed by atoms with Gasteiger partial charge in [0.05, 0.1) is 20.5 Å². The zero-order valence-corrected chi connectivity index (χ0v) is 12.7. The van der Waals surface area contributed by atoms with Crippen LogP contribution in [0.1, 0.15) is 15.2 Å². The number of carbonyl (C=O) groups is 1. The average molecular weight is 370 g/mol. The van der Waals surface area contributed by atoms with E-state index in [0.717, 1.165) is 12.3 Å². The van der Waals surface area contributed by atoms with E-state index in [2.05, 4.69) is 26.5 Å². The molecule has 0 atom stereocenters. The normalized spacial score (nSPS) is 10.7. The van der Waals surface area contributed by atoms with Crippen molar-refractivity contribution >= 4 is 45.1 Å². The highest BCUT2D eigenvalue weighted by atomic mass is 79.9. The topological polar surface area (TPSA) is 105 Å². The SMILES string of the molecule is O=C(NN=Cc1cc([N+](=O)[O-])cc(Br)c1O)c1cccs1. The minimum Gasteiger partial charge on any atom is -0.506 e. The van der Waals surface area contributed by atoms with E-state index >= 15 is 0 Å². The Labute approximate surface area is 131 Å². The lowest BCUT2D eigenvalue weighted by Crippen LogP contribution is -2.16. The third kappa shape index (κ3) is 3.64. The fourth-order valence-electron chi connectivity index (χ4n) is 1.43. The van der Waals surface area contributed by atoms with E-state index in [-0.39, 0.29) is 21.5 Å². The Morgan fingerprint density at radius 3 is 2.90 bits per heavy atom. The molecule has 0 aliphatic heterocycles. The van der Waals surface area contributed by atoms with Gasteiger partial charge in [-0.2, -0.15) is 5.10 Å². The predicted octanol–water partition coefficient (Wildman–Crippen LogP) is 2.89. The highest BCUT2D eigenvalue weighted by Gasteiger charge is 2.13. The van der Waals surface area contributed by atoms with Crippen LogP contribution in [0.2, 0.25) is 0 Å². The Bertz CT molecular complexity index is 716. The lowest BCUT2D eigenvalue weighted by molar-refractivity contribution is -0.385. The molecule has 2 N–H and O–H groups in total. The third-order valence-corrected chi connectivity index (χ3v) is 3.88. The summed E-state index contributed by atoms with van der Waals surface area (Å²) in [4.78, 5) is 22.3. The van der Waals surface area contributed by atoms with Crippen molar-refractivity contribution in [2.24, 2.45) is 5.10 Å². The zero-order valence-electron chi connectivity index (χ0n) is 10.3. The monoisotopic (exact) mass is 369 g/mol. The van der Waals surface area contributed by atoms with Crippen molar-refractivity contribution < 1.29 is 14.8 Å². The molecule has 21 heavy (non-hydrogen) atoms. The maximum Gasteiger partial charge on any atom is 0.281 e. The summed E-state index contributed by atoms with van der Waals surface area (Å²) in [7, 11) is 0. The van der Waals surface area contributed by atoms with Gasteiger partial charge in [-0.3, -0.25) is 14.9 Å². The minimum atomic E-state index is -0.591. The number of non-ortho nitro benzene ring substituents is 1. The van der Waals surface area contributed by atoms with Gasteiger partial charge in [-0.1, -0.05) is 6.07 Å². The molecule has 1 aromatic heterocycles. The molecule has 0 saturated carbocycles. The van der Waals surface area contributed by atoms with Crippen molar-refractivity contribution in [2.75, 3.05) is 0 Å². The van der Waals surface area contributed by atoms with Crippen LogP contribution in [0.15, 0.2) is 39.2 Å². The summed E-state index contributed by atoms with van der Waals surface area (Å²) in [6.45, 7) is 0. The highest BCUT2D eigenvalue weighted by molar-refractivity contribution is 9.10. The second kappa shape index (κ2) is 6.46. The molecule has 1 heterocycles. The summed E-state index contributed by atoms with van der Waals surface area (Å²) in [5.41, 5.74) is 2.18. The van der Waals surface area contributed by atoms with E-state index < -0.39 is 10.8 Å². The average Bonchev–Trinajstić information content (AvgIpc) is 2.97. The predicted molar refractivity (Wildman–Crippen MR) is 81.8 cm³/mol. The maximum absolute atomic E-state index is 11.6. The number of carbonyl (C=O) groups excluding carboxylic acids is 1. The summed E-state index contributed by atoms with van der Waals surface area (Å²) in [5.74, 6) is -0.597. The summed E-state index contributed by atoms with van der Waals surface area (Å²) in [5, 5.41) is 26.0. The number of rotatable bonds is 4. The fourth-order valence-corrected chi connectivity index (χ4v) is 2.51. The molecule has 0 bridgehead atoms. The number of halogens is 1. The molecule has 0 saturated heterocycles. The molecule has 2 aromatic rings. The molecule has 0 radical (unpaired) electrons. The summed E-state index contributed by atoms with van der Waals surface area (Å²) < 4.78 is 0.169. The van der Waals surface area contributed by atoms with Crippen LogP contribution in [-0.2, 0) is 0 Å². The third-order valence-electron chi connectivity index (χ3n) is 2.40. The van der Waals surface area contributed by atoms with E-state index in [4.69, 9.17) is 0 Å². The van der Waals surface area contributed by atoms with Gasteiger partial charge in [0, 0.05) is 17.7 Å². The number of phenols is 1. The first kappa shape index (κ1) is 15.1. The Hall–Kier alpha value is -2.26. The molecule has 0 fully saturated rings. The number of hydrogen-bond donors (Lipinski definition) is 2. The number of thiophene rings is 1. The molecule has 1 aromatic carbocycles. The number of nitro groups is 1. The van der Waals surface area contributed by atoms with Crippen molar-refractivity contribution in [3.8, 4) is 5.75 Å². The van der Waals surface area contributed by atoms with Gasteiger partial charge in [-0.05, 0) is 27.4 Å². The Morgan fingerprint density at radius 1 is 1.52 bits per heavy atom. The minimum absolute atomic E-state index is 0.113. The van der Waals surface area contributed by atoms with Gasteiger partial charge >= 0.3 is 0 Å². The smallest absolute Gasteiger partial charge is 0.281 e. The van der Waals surface area contributed by atoms with Crippen LogP contribution in [0.4, 0.5) is 5.69 Å². The lowest BCUT2D eigenvalue weighted by atomic mass is 10.2. The van der Waals surface area contributed by atoms with E-state index in [9.17, 15) is 20.0 Å². The van der Waals surface area contributed by atoms with Crippen LogP contribution < -0.4 is 5.43 Å². The van der Waals surface area contributed by atoms with Gasteiger partial charge in [-0.15, -0.1) is 11.3 Å². The molecule has 0 aliphatic carbocycles. The Kier molecular flexibility index (Phi) is 4.66. The Morgan fingerprint density at radius 2 is 2.29 bits per heavy atom. The molecule has 0 unspecified atom stereocenters. The summed E-state index contributed by atoms with van der Waals surface area (Å²) in [6.07, 6.45) is 1.14. The number of nitro benzene ring substituents is 1. The molecule has 0 aliphatic rings. The molecule has 0 spiro atoms. The maximum atomic E-state index is 11.6. The molecule has 7 nitrogen and oxygen atoms in total. The van der Waals surface area contributed by atoms with Gasteiger partial charge in [0.2, 0.25) is 0 Å². The van der Waals surface area contributed by atoms with Crippen molar-refractivity contribution in [1.29, 1.82) is 0 Å². The number of hydrazone groups is 1. The van der Waals surface area contributed by atoms with E-state index in [1.165, 1.54) is 17.4 Å². The number of aromatic hydroxyl groups is 1. The first-order valence-electron chi connectivity index (χ1n) is 5.53. The molecular formula is C12H8BrN3O4S. The second-order valence-electron chi connectivity index (χ2n) is 3.80. The largest absolute Gasteiger partial charge is 0.506 e. The highest BCUT2D eigenvalue weighted by Crippen LogP contribution is 2.31. The van der Waals surface area contributed by atoms with Gasteiger partial charge in [0.1, 0.15) is 5.75 Å². The van der Waals surface area contributed by atoms with Crippen LogP contribution >= 0.6 is 27.3 Å². The number of nitrogens with zero attached hydrogens (tertiary/aromatic N) is 2. The van der Waals surface area contributed by atoms with Gasteiger partial charge in [-0.25, -0.2) is 5.43 Å². The van der Waals surface area contributed by atoms with Crippen LogP contribution in [-0.4, -0.2) is 22.2 Å². The first-order valence-corrected chi connectivity index (χ1v) is 7.20. The van der Waals surface area contributed by atoms with Crippen molar-refractivity contribution in [3.63, 3.8) is 0 Å². The number of phenolic OH excluding ortho intramolecular Hbond substituents is 1. The molecule has 9 heteroatoms. The van der Waals surface area contributed by atoms with E-state index in [0.29, 0.717) is 4.88 Å². The number of nitrogens with one attached hydrogen (secondary N) is 1. The van der Waals surface area contributed by atoms with Gasteiger partial charge < -0.3 is 5.11 Å². The van der Waals surface area contributed by atoms with E-state index in [1.807, 2.05) is 0 Å². The van der Waals surface area contributed by atoms with Crippen LogP contribution in [0.5, 0.6) is 5.75 Å². The first-order chi connectivity index (χ1) is 9.99. The summed E-state index contributed by atoms with van der Waals surface area (Å²) in [6, 6.07) is 5.70. The van der Waals surface area contributed by atoms with Gasteiger partial charge in [0.25, 0.3) is 11.6 Å². The lowest BCUT2D eigenvalue weighted by Gasteiger charge is -2.02. The van der Waals surface area contributed by atoms with Crippen LogP contribution in [0.25, 0.3) is 0 Å². The molecule has 1 amide bonds. The van der Waals surface area contributed by atoms with Crippen LogP contribution in [0, 0.1) is 10.1 Å². The number of hydrogen-bond acceptors (Lipinski definition) is 6. The van der Waals surface area contributed by atoms with Gasteiger partial charge in [0.15, 0.2) is 0 Å². The van der Waals surface area contributed by atoms with Crippen molar-refractivity contribution in [2.45, 2.75) is 0 Å². The fraction of sp³-hybridized carbons (Fsp3) is 0. The molecule has 2 rings (SSSR count). The number of benzene rings is 1. The summed E-state index contributed by atoms with van der Waals surface area (Å²) >= 11 is 4.27. The second-order valence-corrected chi connectivity index (χ2v) is 5.60. The zero-order chi connectivity index (χ0) is 15.4. The van der Waals surface area contributed by atoms with Crippen LogP contribution in [0.3, 0.4) is 0 Å². The Balaban J connectivity index is 2.17. The standard InChI is InChI=1S/C12H8BrN3O4S/c13-9-5-8(16(19)20)4-7(11(9)17)6-14-15-12(18)10-2-1-3-21-10/h1-6,17H,(H,15,18). The molecular weight excluding hydrogens is 362 g/mol. The quantitative estimate of drug-likeness (QED) is 0.490. The number of amides is 1.